The van der Waals surface area contributed by atoms with Crippen LogP contribution < -0.4 is 4.74 Å². The molecular weight excluding hydrogens is 366 g/mol. The summed E-state index contributed by atoms with van der Waals surface area (Å²) in [5, 5.41) is 0. The van der Waals surface area contributed by atoms with Crippen molar-refractivity contribution in [1.82, 2.24) is 14.8 Å². The lowest BCUT2D eigenvalue weighted by atomic mass is 10.00. The van der Waals surface area contributed by atoms with E-state index in [0.717, 1.165) is 18.4 Å². The molecule has 2 amide bonds. The predicted molar refractivity (Wildman–Crippen MR) is 112 cm³/mol. The van der Waals surface area contributed by atoms with Crippen LogP contribution in [0.5, 0.6) is 5.75 Å². The molecule has 2 heterocycles. The highest BCUT2D eigenvalue weighted by molar-refractivity contribution is 5.94. The molecule has 1 atom stereocenters. The summed E-state index contributed by atoms with van der Waals surface area (Å²) in [6.45, 7) is 5.58. The van der Waals surface area contributed by atoms with Gasteiger partial charge in [-0.05, 0) is 42.7 Å². The van der Waals surface area contributed by atoms with Crippen molar-refractivity contribution in [2.75, 3.05) is 20.2 Å². The van der Waals surface area contributed by atoms with E-state index in [1.807, 2.05) is 47.9 Å². The van der Waals surface area contributed by atoms with Gasteiger partial charge in [0.2, 0.25) is 5.91 Å². The molecule has 154 valence electrons. The summed E-state index contributed by atoms with van der Waals surface area (Å²) in [5.41, 5.74) is 1.61. The van der Waals surface area contributed by atoms with Crippen LogP contribution in [-0.2, 0) is 11.3 Å². The molecule has 1 aromatic heterocycles. The van der Waals surface area contributed by atoms with Gasteiger partial charge in [0.15, 0.2) is 0 Å². The Balaban J connectivity index is 1.78. The number of carbonyl (C=O) groups is 2. The number of methoxy groups -OCH3 is 1. The van der Waals surface area contributed by atoms with Crippen LogP contribution in [0.1, 0.15) is 42.6 Å². The zero-order valence-corrected chi connectivity index (χ0v) is 17.4. The van der Waals surface area contributed by atoms with Gasteiger partial charge in [0.25, 0.3) is 5.91 Å². The first-order chi connectivity index (χ1) is 14.0. The molecule has 1 saturated heterocycles. The Labute approximate surface area is 172 Å². The molecule has 3 rings (SSSR count). The van der Waals surface area contributed by atoms with Gasteiger partial charge < -0.3 is 14.5 Å². The highest BCUT2D eigenvalue weighted by atomic mass is 16.5. The quantitative estimate of drug-likeness (QED) is 0.752. The molecule has 29 heavy (non-hydrogen) atoms. The van der Waals surface area contributed by atoms with Gasteiger partial charge >= 0.3 is 0 Å². The van der Waals surface area contributed by atoms with E-state index in [-0.39, 0.29) is 23.8 Å². The molecule has 1 aromatic carbocycles. The molecule has 0 radical (unpaired) electrons. The molecule has 0 N–H and O–H groups in total. The number of likely N-dealkylation sites (tertiary alicyclic amines) is 1. The zero-order valence-electron chi connectivity index (χ0n) is 17.4. The van der Waals surface area contributed by atoms with E-state index in [4.69, 9.17) is 4.74 Å². The van der Waals surface area contributed by atoms with E-state index in [0.29, 0.717) is 30.9 Å². The molecule has 0 bridgehead atoms. The molecule has 0 spiro atoms. The summed E-state index contributed by atoms with van der Waals surface area (Å²) in [6.07, 6.45) is 5.28. The van der Waals surface area contributed by atoms with E-state index in [2.05, 4.69) is 4.98 Å². The van der Waals surface area contributed by atoms with Gasteiger partial charge in [-0.25, -0.2) is 0 Å². The van der Waals surface area contributed by atoms with Gasteiger partial charge in [0.1, 0.15) is 5.75 Å². The van der Waals surface area contributed by atoms with Gasteiger partial charge in [0.05, 0.1) is 7.11 Å². The van der Waals surface area contributed by atoms with Crippen LogP contribution in [0.3, 0.4) is 0 Å². The van der Waals surface area contributed by atoms with Gasteiger partial charge in [-0.2, -0.15) is 0 Å². The van der Waals surface area contributed by atoms with Crippen molar-refractivity contribution in [3.05, 3.63) is 59.9 Å². The van der Waals surface area contributed by atoms with Crippen molar-refractivity contribution < 1.29 is 14.3 Å². The molecule has 1 fully saturated rings. The largest absolute Gasteiger partial charge is 0.497 e. The number of amides is 2. The molecule has 1 aliphatic heterocycles. The summed E-state index contributed by atoms with van der Waals surface area (Å²) >= 11 is 0. The number of piperidine rings is 1. The molecule has 2 aromatic rings. The van der Waals surface area contributed by atoms with Crippen LogP contribution >= 0.6 is 0 Å². The Kier molecular flexibility index (Phi) is 6.86. The fraction of sp³-hybridized carbons (Fsp3) is 0.435. The van der Waals surface area contributed by atoms with E-state index in [1.54, 1.807) is 31.6 Å². The number of nitrogens with zero attached hydrogens (tertiary/aromatic N) is 3. The van der Waals surface area contributed by atoms with Crippen LogP contribution in [0.4, 0.5) is 0 Å². The Bertz CT molecular complexity index is 838. The lowest BCUT2D eigenvalue weighted by molar-refractivity contribution is -0.138. The second kappa shape index (κ2) is 9.54. The number of hydrogen-bond acceptors (Lipinski definition) is 4. The van der Waals surface area contributed by atoms with Crippen LogP contribution in [0.2, 0.25) is 0 Å². The van der Waals surface area contributed by atoms with Crippen molar-refractivity contribution >= 4 is 11.8 Å². The van der Waals surface area contributed by atoms with Crippen molar-refractivity contribution in [2.24, 2.45) is 5.92 Å². The number of pyridine rings is 1. The molecule has 1 aliphatic rings. The highest BCUT2D eigenvalue weighted by Gasteiger charge is 2.32. The number of aromatic nitrogens is 1. The summed E-state index contributed by atoms with van der Waals surface area (Å²) in [7, 11) is 1.59. The maximum atomic E-state index is 13.1. The van der Waals surface area contributed by atoms with Crippen molar-refractivity contribution in [3.63, 3.8) is 0 Å². The average molecular weight is 396 g/mol. The molecule has 0 saturated carbocycles. The Morgan fingerprint density at radius 3 is 2.79 bits per heavy atom. The first-order valence-corrected chi connectivity index (χ1v) is 10.1. The van der Waals surface area contributed by atoms with E-state index in [1.165, 1.54) is 0 Å². The third kappa shape index (κ3) is 5.13. The second-order valence-electron chi connectivity index (χ2n) is 7.76. The van der Waals surface area contributed by atoms with E-state index >= 15 is 0 Å². The van der Waals surface area contributed by atoms with Crippen molar-refractivity contribution in [3.8, 4) is 5.75 Å². The smallest absolute Gasteiger partial charge is 0.254 e. The fourth-order valence-corrected chi connectivity index (χ4v) is 3.74. The first kappa shape index (κ1) is 20.8. The Morgan fingerprint density at radius 2 is 2.10 bits per heavy atom. The summed E-state index contributed by atoms with van der Waals surface area (Å²) in [4.78, 5) is 34.0. The minimum atomic E-state index is -0.101. The molecule has 0 aliphatic carbocycles. The normalized spacial score (nSPS) is 16.6. The van der Waals surface area contributed by atoms with Crippen LogP contribution in [-0.4, -0.2) is 52.8 Å². The maximum Gasteiger partial charge on any atom is 0.254 e. The SMILES string of the molecule is COc1cccc(C(=O)N2CCCC(N(Cc3cccnc3)C(=O)C(C)C)C2)c1. The average Bonchev–Trinajstić information content (AvgIpc) is 2.77. The summed E-state index contributed by atoms with van der Waals surface area (Å²) < 4.78 is 5.25. The predicted octanol–water partition coefficient (Wildman–Crippen LogP) is 3.38. The number of hydrogen-bond donors (Lipinski definition) is 0. The third-order valence-corrected chi connectivity index (χ3v) is 5.29. The first-order valence-electron chi connectivity index (χ1n) is 10.1. The van der Waals surface area contributed by atoms with Crippen molar-refractivity contribution in [2.45, 2.75) is 39.3 Å². The Hall–Kier alpha value is -2.89. The van der Waals surface area contributed by atoms with E-state index in [9.17, 15) is 9.59 Å². The number of rotatable bonds is 6. The van der Waals surface area contributed by atoms with Gasteiger partial charge in [-0.3, -0.25) is 14.6 Å². The number of ether oxygens (including phenoxy) is 1. The van der Waals surface area contributed by atoms with Gasteiger partial charge in [0, 0.05) is 49.6 Å². The van der Waals surface area contributed by atoms with Crippen LogP contribution in [0.25, 0.3) is 0 Å². The number of benzene rings is 1. The van der Waals surface area contributed by atoms with Gasteiger partial charge in [-0.1, -0.05) is 26.0 Å². The van der Waals surface area contributed by atoms with Crippen LogP contribution in [0, 0.1) is 5.92 Å². The van der Waals surface area contributed by atoms with E-state index < -0.39 is 0 Å². The molecule has 6 nitrogen and oxygen atoms in total. The third-order valence-electron chi connectivity index (χ3n) is 5.29. The molecule has 6 heteroatoms. The highest BCUT2D eigenvalue weighted by Crippen LogP contribution is 2.23. The lowest BCUT2D eigenvalue weighted by Crippen LogP contribution is -2.52. The minimum Gasteiger partial charge on any atom is -0.497 e. The standard InChI is InChI=1S/C23H29N3O3/c1-17(2)22(27)26(15-18-7-5-11-24-14-18)20-9-6-12-25(16-20)23(28)19-8-4-10-21(13-19)29-3/h4-5,7-8,10-11,13-14,17,20H,6,9,12,15-16H2,1-3H3. The Morgan fingerprint density at radius 1 is 1.28 bits per heavy atom. The lowest BCUT2D eigenvalue weighted by Gasteiger charge is -2.40. The topological polar surface area (TPSA) is 62.7 Å². The maximum absolute atomic E-state index is 13.1. The number of carbonyl (C=O) groups excluding carboxylic acids is 2. The minimum absolute atomic E-state index is 0.00610. The second-order valence-corrected chi connectivity index (χ2v) is 7.76. The van der Waals surface area contributed by atoms with Gasteiger partial charge in [-0.15, -0.1) is 0 Å². The van der Waals surface area contributed by atoms with Crippen LogP contribution in [0.15, 0.2) is 48.8 Å². The van der Waals surface area contributed by atoms with Crippen molar-refractivity contribution in [1.29, 1.82) is 0 Å². The molecule has 1 unspecified atom stereocenters. The monoisotopic (exact) mass is 395 g/mol. The molecular formula is C23H29N3O3. The zero-order chi connectivity index (χ0) is 20.8. The fourth-order valence-electron chi connectivity index (χ4n) is 3.74. The summed E-state index contributed by atoms with van der Waals surface area (Å²) in [6, 6.07) is 11.1. The summed E-state index contributed by atoms with van der Waals surface area (Å²) in [5.74, 6) is 0.648.